The zero-order chi connectivity index (χ0) is 15.0. The van der Waals surface area contributed by atoms with Crippen molar-refractivity contribution in [1.82, 2.24) is 10.2 Å². The smallest absolute Gasteiger partial charge is 0.124 e. The molecule has 1 heterocycles. The van der Waals surface area contributed by atoms with Crippen molar-refractivity contribution in [3.05, 3.63) is 34.1 Å². The second-order valence-electron chi connectivity index (χ2n) is 6.78. The molecule has 1 saturated carbocycles. The third-order valence-corrected chi connectivity index (χ3v) is 5.87. The number of nitrogens with one attached hydrogen (secondary N) is 1. The molecule has 1 saturated heterocycles. The molecule has 0 spiro atoms. The molecular weight excluding hydrogens is 331 g/mol. The second-order valence-corrected chi connectivity index (χ2v) is 7.63. The molecule has 1 aliphatic carbocycles. The zero-order valence-electron chi connectivity index (χ0n) is 12.8. The molecule has 116 valence electrons. The number of rotatable bonds is 4. The quantitative estimate of drug-likeness (QED) is 0.880. The summed E-state index contributed by atoms with van der Waals surface area (Å²) in [6.07, 6.45) is 3.86. The average Bonchev–Trinajstić information content (AvgIpc) is 3.27. The number of hydrogen-bond acceptors (Lipinski definition) is 2. The first-order chi connectivity index (χ1) is 10.0. The van der Waals surface area contributed by atoms with Crippen LogP contribution in [0.5, 0.6) is 0 Å². The molecule has 2 aliphatic rings. The third-order valence-electron chi connectivity index (χ3n) is 5.13. The molecule has 1 aromatic rings. The molecule has 2 nitrogen and oxygen atoms in total. The average molecular weight is 355 g/mol. The molecule has 2 fully saturated rings. The Morgan fingerprint density at radius 2 is 2.19 bits per heavy atom. The van der Waals surface area contributed by atoms with Gasteiger partial charge in [-0.3, -0.25) is 4.90 Å². The Labute approximate surface area is 135 Å². The van der Waals surface area contributed by atoms with Gasteiger partial charge in [0.15, 0.2) is 0 Å². The first kappa shape index (κ1) is 15.4. The summed E-state index contributed by atoms with van der Waals surface area (Å²) in [4.78, 5) is 2.58. The lowest BCUT2D eigenvalue weighted by Crippen LogP contribution is -2.63. The Hall–Kier alpha value is -0.450. The Balaban J connectivity index is 1.76. The third kappa shape index (κ3) is 3.33. The molecule has 0 amide bonds. The van der Waals surface area contributed by atoms with E-state index in [1.165, 1.54) is 18.4 Å². The molecule has 0 radical (unpaired) electrons. The van der Waals surface area contributed by atoms with Crippen LogP contribution >= 0.6 is 15.9 Å². The van der Waals surface area contributed by atoms with E-state index in [9.17, 15) is 4.39 Å². The van der Waals surface area contributed by atoms with Crippen LogP contribution in [-0.4, -0.2) is 29.6 Å². The van der Waals surface area contributed by atoms with E-state index in [4.69, 9.17) is 0 Å². The van der Waals surface area contributed by atoms with Crippen LogP contribution in [0.15, 0.2) is 22.7 Å². The highest BCUT2D eigenvalue weighted by Gasteiger charge is 2.45. The number of piperazine rings is 1. The minimum absolute atomic E-state index is 0.180. The van der Waals surface area contributed by atoms with Gasteiger partial charge in [-0.05, 0) is 49.8 Å². The fourth-order valence-electron chi connectivity index (χ4n) is 3.54. The van der Waals surface area contributed by atoms with Crippen molar-refractivity contribution in [2.24, 2.45) is 5.92 Å². The highest BCUT2D eigenvalue weighted by atomic mass is 79.9. The fraction of sp³-hybridized carbons (Fsp3) is 0.647. The molecule has 1 N–H and O–H groups in total. The first-order valence-corrected chi connectivity index (χ1v) is 8.74. The van der Waals surface area contributed by atoms with Crippen LogP contribution in [0.2, 0.25) is 0 Å². The SMILES string of the molecule is CCC1CNC(C)(C2CC2)CN1Cc1ccc(F)cc1Br. The van der Waals surface area contributed by atoms with E-state index in [-0.39, 0.29) is 11.4 Å². The van der Waals surface area contributed by atoms with E-state index in [1.807, 2.05) is 6.07 Å². The summed E-state index contributed by atoms with van der Waals surface area (Å²) in [6, 6.07) is 5.60. The van der Waals surface area contributed by atoms with E-state index in [1.54, 1.807) is 12.1 Å². The van der Waals surface area contributed by atoms with Gasteiger partial charge in [-0.25, -0.2) is 4.39 Å². The lowest BCUT2D eigenvalue weighted by Gasteiger charge is -2.46. The van der Waals surface area contributed by atoms with Crippen molar-refractivity contribution < 1.29 is 4.39 Å². The summed E-state index contributed by atoms with van der Waals surface area (Å²) >= 11 is 3.50. The van der Waals surface area contributed by atoms with E-state index < -0.39 is 0 Å². The number of benzene rings is 1. The van der Waals surface area contributed by atoms with Crippen LogP contribution in [0.1, 0.15) is 38.7 Å². The molecule has 2 unspecified atom stereocenters. The van der Waals surface area contributed by atoms with Crippen molar-refractivity contribution in [3.8, 4) is 0 Å². The summed E-state index contributed by atoms with van der Waals surface area (Å²) in [5.41, 5.74) is 1.42. The molecule has 1 aromatic carbocycles. The van der Waals surface area contributed by atoms with Gasteiger partial charge in [0.1, 0.15) is 5.82 Å². The van der Waals surface area contributed by atoms with Gasteiger partial charge in [0.05, 0.1) is 0 Å². The lowest BCUT2D eigenvalue weighted by molar-refractivity contribution is 0.0664. The Bertz CT molecular complexity index is 518. The van der Waals surface area contributed by atoms with Crippen molar-refractivity contribution in [2.45, 2.75) is 51.2 Å². The Morgan fingerprint density at radius 1 is 1.43 bits per heavy atom. The number of nitrogens with zero attached hydrogens (tertiary/aromatic N) is 1. The normalized spacial score (nSPS) is 30.6. The van der Waals surface area contributed by atoms with Crippen LogP contribution in [0.3, 0.4) is 0 Å². The van der Waals surface area contributed by atoms with Crippen LogP contribution in [0.4, 0.5) is 4.39 Å². The minimum Gasteiger partial charge on any atom is -0.308 e. The van der Waals surface area contributed by atoms with E-state index >= 15 is 0 Å². The Morgan fingerprint density at radius 3 is 2.81 bits per heavy atom. The highest BCUT2D eigenvalue weighted by molar-refractivity contribution is 9.10. The maximum atomic E-state index is 13.3. The van der Waals surface area contributed by atoms with Gasteiger partial charge in [0.2, 0.25) is 0 Å². The van der Waals surface area contributed by atoms with Crippen LogP contribution in [0, 0.1) is 11.7 Å². The van der Waals surface area contributed by atoms with Crippen molar-refractivity contribution >= 4 is 15.9 Å². The monoisotopic (exact) mass is 354 g/mol. The predicted octanol–water partition coefficient (Wildman–Crippen LogP) is 3.94. The predicted molar refractivity (Wildman–Crippen MR) is 87.7 cm³/mol. The van der Waals surface area contributed by atoms with Crippen LogP contribution in [0.25, 0.3) is 0 Å². The second kappa shape index (κ2) is 5.98. The van der Waals surface area contributed by atoms with Gasteiger partial charge < -0.3 is 5.32 Å². The minimum atomic E-state index is -0.180. The van der Waals surface area contributed by atoms with Crippen molar-refractivity contribution in [3.63, 3.8) is 0 Å². The van der Waals surface area contributed by atoms with Crippen molar-refractivity contribution in [1.29, 1.82) is 0 Å². The number of halogens is 2. The van der Waals surface area contributed by atoms with Gasteiger partial charge in [0.25, 0.3) is 0 Å². The summed E-state index contributed by atoms with van der Waals surface area (Å²) in [7, 11) is 0. The maximum Gasteiger partial charge on any atom is 0.124 e. The zero-order valence-corrected chi connectivity index (χ0v) is 14.4. The van der Waals surface area contributed by atoms with Gasteiger partial charge in [-0.1, -0.05) is 28.9 Å². The summed E-state index contributed by atoms with van der Waals surface area (Å²) in [5, 5.41) is 3.78. The molecular formula is C17H24BrFN2. The topological polar surface area (TPSA) is 15.3 Å². The lowest BCUT2D eigenvalue weighted by atomic mass is 9.90. The largest absolute Gasteiger partial charge is 0.308 e. The van der Waals surface area contributed by atoms with Crippen LogP contribution < -0.4 is 5.32 Å². The van der Waals surface area contributed by atoms with E-state index in [2.05, 4.69) is 40.0 Å². The van der Waals surface area contributed by atoms with E-state index in [0.29, 0.717) is 6.04 Å². The van der Waals surface area contributed by atoms with Crippen molar-refractivity contribution in [2.75, 3.05) is 13.1 Å². The van der Waals surface area contributed by atoms with Gasteiger partial charge in [-0.2, -0.15) is 0 Å². The summed E-state index contributed by atoms with van der Waals surface area (Å²) < 4.78 is 14.1. The molecule has 2 atom stereocenters. The molecule has 1 aliphatic heterocycles. The molecule has 3 rings (SSSR count). The van der Waals surface area contributed by atoms with Gasteiger partial charge >= 0.3 is 0 Å². The van der Waals surface area contributed by atoms with E-state index in [0.717, 1.165) is 36.4 Å². The van der Waals surface area contributed by atoms with Gasteiger partial charge in [-0.15, -0.1) is 0 Å². The molecule has 0 bridgehead atoms. The molecule has 4 heteroatoms. The Kier molecular flexibility index (Phi) is 4.40. The molecule has 21 heavy (non-hydrogen) atoms. The first-order valence-electron chi connectivity index (χ1n) is 7.95. The summed E-state index contributed by atoms with van der Waals surface area (Å²) in [6.45, 7) is 7.65. The van der Waals surface area contributed by atoms with Crippen LogP contribution in [-0.2, 0) is 6.54 Å². The fourth-order valence-corrected chi connectivity index (χ4v) is 4.01. The summed E-state index contributed by atoms with van der Waals surface area (Å²) in [5.74, 6) is 0.648. The standard InChI is InChI=1S/C17H24BrFN2/c1-3-15-9-20-17(2,13-5-6-13)11-21(15)10-12-4-7-14(19)8-16(12)18/h4,7-8,13,15,20H,3,5-6,9-11H2,1-2H3. The number of hydrogen-bond donors (Lipinski definition) is 1. The molecule has 0 aromatic heterocycles. The van der Waals surface area contributed by atoms with Gasteiger partial charge in [0, 0.05) is 35.7 Å². The maximum absolute atomic E-state index is 13.3. The highest BCUT2D eigenvalue weighted by Crippen LogP contribution is 2.41.